The second kappa shape index (κ2) is 10.8. The summed E-state index contributed by atoms with van der Waals surface area (Å²) in [6.45, 7) is 0. The van der Waals surface area contributed by atoms with Crippen LogP contribution in [-0.4, -0.2) is 4.57 Å². The molecule has 8 aromatic carbocycles. The Hall–Kier alpha value is -6.12. The predicted octanol–water partition coefficient (Wildman–Crippen LogP) is 12.2. The molecule has 0 N–H and O–H groups in total. The van der Waals surface area contributed by atoms with E-state index in [4.69, 9.17) is 0 Å². The van der Waals surface area contributed by atoms with Crippen molar-refractivity contribution < 1.29 is 0 Å². The van der Waals surface area contributed by atoms with Crippen LogP contribution in [0.2, 0.25) is 0 Å². The molecule has 9 aromatic rings. The summed E-state index contributed by atoms with van der Waals surface area (Å²) in [6, 6.07) is 65.7. The van der Waals surface area contributed by atoms with Gasteiger partial charge in [-0.2, -0.15) is 0 Å². The third kappa shape index (κ3) is 4.35. The van der Waals surface area contributed by atoms with Crippen LogP contribution in [0.25, 0.3) is 60.2 Å². The molecular formula is C44H30N2. The first-order valence-electron chi connectivity index (χ1n) is 15.8. The highest BCUT2D eigenvalue weighted by atomic mass is 15.1. The highest BCUT2D eigenvalue weighted by Crippen LogP contribution is 2.42. The van der Waals surface area contributed by atoms with Gasteiger partial charge in [-0.25, -0.2) is 0 Å². The van der Waals surface area contributed by atoms with Gasteiger partial charge in [0.1, 0.15) is 0 Å². The van der Waals surface area contributed by atoms with E-state index in [1.165, 1.54) is 54.5 Å². The minimum atomic E-state index is 1.11. The fraction of sp³-hybridized carbons (Fsp3) is 0. The molecule has 0 aliphatic carbocycles. The molecule has 0 aliphatic rings. The lowest BCUT2D eigenvalue weighted by atomic mass is 10.0. The molecule has 216 valence electrons. The number of hydrogen-bond acceptors (Lipinski definition) is 1. The second-order valence-electron chi connectivity index (χ2n) is 11.8. The molecule has 0 saturated heterocycles. The third-order valence-electron chi connectivity index (χ3n) is 9.13. The van der Waals surface area contributed by atoms with Crippen LogP contribution in [0.3, 0.4) is 0 Å². The first kappa shape index (κ1) is 26.3. The Labute approximate surface area is 268 Å². The van der Waals surface area contributed by atoms with Crippen molar-refractivity contribution in [1.29, 1.82) is 0 Å². The minimum Gasteiger partial charge on any atom is -0.310 e. The van der Waals surface area contributed by atoms with Crippen molar-refractivity contribution in [3.8, 4) is 16.8 Å². The van der Waals surface area contributed by atoms with Gasteiger partial charge >= 0.3 is 0 Å². The molecule has 0 amide bonds. The van der Waals surface area contributed by atoms with Crippen molar-refractivity contribution in [2.24, 2.45) is 0 Å². The average Bonchev–Trinajstić information content (AvgIpc) is 3.44. The molecule has 9 rings (SSSR count). The molecule has 0 atom stereocenters. The quantitative estimate of drug-likeness (QED) is 0.195. The monoisotopic (exact) mass is 586 g/mol. The molecule has 0 fully saturated rings. The Morgan fingerprint density at radius 2 is 0.978 bits per heavy atom. The summed E-state index contributed by atoms with van der Waals surface area (Å²) in [6.07, 6.45) is 0. The molecule has 2 heteroatoms. The molecule has 0 aliphatic heterocycles. The Morgan fingerprint density at radius 3 is 1.78 bits per heavy atom. The van der Waals surface area contributed by atoms with Crippen LogP contribution in [0, 0.1) is 0 Å². The number of aromatic nitrogens is 1. The van der Waals surface area contributed by atoms with Crippen LogP contribution >= 0.6 is 0 Å². The molecule has 0 radical (unpaired) electrons. The predicted molar refractivity (Wildman–Crippen MR) is 196 cm³/mol. The molecule has 1 aromatic heterocycles. The topological polar surface area (TPSA) is 8.17 Å². The summed E-state index contributed by atoms with van der Waals surface area (Å²) in [5.41, 5.74) is 9.31. The highest BCUT2D eigenvalue weighted by Gasteiger charge is 2.19. The SMILES string of the molecule is c1ccc(-c2ccccc2N(c2ccc(-n3c4ccccc4c4cc5ccccc5cc43)cc2)c2ccc3ccccc3c2)cc1. The molecule has 0 spiro atoms. The van der Waals surface area contributed by atoms with Crippen LogP contribution in [0.5, 0.6) is 0 Å². The van der Waals surface area contributed by atoms with E-state index in [2.05, 4.69) is 191 Å². The lowest BCUT2D eigenvalue weighted by molar-refractivity contribution is 1.17. The minimum absolute atomic E-state index is 1.11. The first-order chi connectivity index (χ1) is 22.8. The van der Waals surface area contributed by atoms with Crippen molar-refractivity contribution in [1.82, 2.24) is 4.57 Å². The number of hydrogen-bond donors (Lipinski definition) is 0. The Balaban J connectivity index is 1.24. The van der Waals surface area contributed by atoms with E-state index in [0.29, 0.717) is 0 Å². The van der Waals surface area contributed by atoms with Gasteiger partial charge in [0.15, 0.2) is 0 Å². The van der Waals surface area contributed by atoms with Crippen molar-refractivity contribution >= 4 is 60.4 Å². The summed E-state index contributed by atoms with van der Waals surface area (Å²) in [5, 5.41) is 7.50. The summed E-state index contributed by atoms with van der Waals surface area (Å²) in [4.78, 5) is 2.39. The van der Waals surface area contributed by atoms with Crippen LogP contribution in [-0.2, 0) is 0 Å². The van der Waals surface area contributed by atoms with E-state index < -0.39 is 0 Å². The van der Waals surface area contributed by atoms with Gasteiger partial charge in [-0.3, -0.25) is 0 Å². The normalized spacial score (nSPS) is 11.5. The van der Waals surface area contributed by atoms with Crippen molar-refractivity contribution in [3.05, 3.63) is 182 Å². The van der Waals surface area contributed by atoms with Crippen molar-refractivity contribution in [3.63, 3.8) is 0 Å². The number of nitrogens with zero attached hydrogens (tertiary/aromatic N) is 2. The fourth-order valence-corrected chi connectivity index (χ4v) is 6.96. The van der Waals surface area contributed by atoms with Crippen LogP contribution in [0.4, 0.5) is 17.1 Å². The fourth-order valence-electron chi connectivity index (χ4n) is 6.96. The van der Waals surface area contributed by atoms with Crippen molar-refractivity contribution in [2.45, 2.75) is 0 Å². The lowest BCUT2D eigenvalue weighted by Gasteiger charge is -2.28. The van der Waals surface area contributed by atoms with E-state index in [1.54, 1.807) is 0 Å². The van der Waals surface area contributed by atoms with Gasteiger partial charge < -0.3 is 9.47 Å². The summed E-state index contributed by atoms with van der Waals surface area (Å²) in [5.74, 6) is 0. The standard InChI is InChI=1S/C44H30N2/c1-2-13-32(14-3-1)39-18-8-10-20-42(39)45(38-23-22-31-12-4-5-15-33(31)28-38)36-24-26-37(27-25-36)46-43-21-11-9-19-40(43)41-29-34-16-6-7-17-35(34)30-44(41)46/h1-30H. The Morgan fingerprint density at radius 1 is 0.370 bits per heavy atom. The van der Waals surface area contributed by atoms with Crippen LogP contribution in [0.15, 0.2) is 182 Å². The van der Waals surface area contributed by atoms with E-state index in [-0.39, 0.29) is 0 Å². The zero-order chi connectivity index (χ0) is 30.5. The van der Waals surface area contributed by atoms with Gasteiger partial charge in [0.2, 0.25) is 0 Å². The van der Waals surface area contributed by atoms with Gasteiger partial charge in [0, 0.05) is 33.4 Å². The van der Waals surface area contributed by atoms with Gasteiger partial charge in [-0.15, -0.1) is 0 Å². The van der Waals surface area contributed by atoms with Crippen molar-refractivity contribution in [2.75, 3.05) is 4.90 Å². The molecule has 1 heterocycles. The molecule has 0 saturated carbocycles. The maximum atomic E-state index is 2.40. The zero-order valence-corrected chi connectivity index (χ0v) is 25.2. The number of fused-ring (bicyclic) bond motifs is 5. The van der Waals surface area contributed by atoms with E-state index >= 15 is 0 Å². The van der Waals surface area contributed by atoms with E-state index in [0.717, 1.165) is 22.7 Å². The van der Waals surface area contributed by atoms with Gasteiger partial charge in [-0.1, -0.05) is 121 Å². The van der Waals surface area contributed by atoms with E-state index in [1.807, 2.05) is 0 Å². The first-order valence-corrected chi connectivity index (χ1v) is 15.8. The molecular weight excluding hydrogens is 556 g/mol. The number of benzene rings is 8. The number of rotatable bonds is 5. The van der Waals surface area contributed by atoms with Crippen LogP contribution < -0.4 is 4.90 Å². The molecule has 2 nitrogen and oxygen atoms in total. The lowest BCUT2D eigenvalue weighted by Crippen LogP contribution is -2.11. The summed E-state index contributed by atoms with van der Waals surface area (Å²) >= 11 is 0. The largest absolute Gasteiger partial charge is 0.310 e. The zero-order valence-electron chi connectivity index (χ0n) is 25.2. The highest BCUT2D eigenvalue weighted by molar-refractivity contribution is 6.13. The third-order valence-corrected chi connectivity index (χ3v) is 9.13. The smallest absolute Gasteiger partial charge is 0.0547 e. The molecule has 46 heavy (non-hydrogen) atoms. The van der Waals surface area contributed by atoms with Crippen LogP contribution in [0.1, 0.15) is 0 Å². The van der Waals surface area contributed by atoms with Gasteiger partial charge in [0.25, 0.3) is 0 Å². The maximum Gasteiger partial charge on any atom is 0.0547 e. The summed E-state index contributed by atoms with van der Waals surface area (Å²) in [7, 11) is 0. The van der Waals surface area contributed by atoms with E-state index in [9.17, 15) is 0 Å². The Kier molecular flexibility index (Phi) is 6.17. The number of para-hydroxylation sites is 2. The summed E-state index contributed by atoms with van der Waals surface area (Å²) < 4.78 is 2.40. The molecule has 0 bridgehead atoms. The second-order valence-corrected chi connectivity index (χ2v) is 11.8. The van der Waals surface area contributed by atoms with Gasteiger partial charge in [-0.05, 0) is 87.8 Å². The Bertz CT molecular complexity index is 2520. The molecule has 0 unspecified atom stereocenters. The number of anilines is 3. The maximum absolute atomic E-state index is 2.40. The average molecular weight is 587 g/mol. The van der Waals surface area contributed by atoms with Gasteiger partial charge in [0.05, 0.1) is 16.7 Å².